The van der Waals surface area contributed by atoms with Crippen LogP contribution in [0.3, 0.4) is 0 Å². The van der Waals surface area contributed by atoms with Gasteiger partial charge < -0.3 is 10.4 Å². The highest BCUT2D eigenvalue weighted by atomic mass is 19.1. The summed E-state index contributed by atoms with van der Waals surface area (Å²) in [6, 6.07) is 18.3. The van der Waals surface area contributed by atoms with Crippen LogP contribution in [-0.2, 0) is 0 Å². The van der Waals surface area contributed by atoms with E-state index in [0.717, 1.165) is 16.7 Å². The van der Waals surface area contributed by atoms with Gasteiger partial charge in [0.15, 0.2) is 0 Å². The number of hydroxylamine groups is 1. The number of halogens is 1. The van der Waals surface area contributed by atoms with Gasteiger partial charge in [-0.1, -0.05) is 73.3 Å². The molecule has 4 nitrogen and oxygen atoms in total. The summed E-state index contributed by atoms with van der Waals surface area (Å²) >= 11 is 0. The van der Waals surface area contributed by atoms with Gasteiger partial charge in [-0.05, 0) is 30.5 Å². The first-order valence-corrected chi connectivity index (χ1v) is 8.79. The minimum absolute atomic E-state index is 0.0887. The summed E-state index contributed by atoms with van der Waals surface area (Å²) in [6.45, 7) is 5.97. The molecule has 0 fully saturated rings. The molecule has 0 amide bonds. The molecule has 0 aliphatic rings. The maximum atomic E-state index is 13.3. The molecule has 0 saturated heterocycles. The van der Waals surface area contributed by atoms with Crippen molar-refractivity contribution in [2.45, 2.75) is 25.0 Å². The van der Waals surface area contributed by atoms with Crippen molar-refractivity contribution in [3.63, 3.8) is 0 Å². The number of benzene rings is 2. The first kappa shape index (κ1) is 20.8. The van der Waals surface area contributed by atoms with Crippen LogP contribution in [0.25, 0.3) is 17.2 Å². The number of hydrogen-bond donors (Lipinski definition) is 4. The Morgan fingerprint density at radius 3 is 2.22 bits per heavy atom. The molecule has 0 aromatic heterocycles. The van der Waals surface area contributed by atoms with E-state index in [1.165, 1.54) is 6.92 Å². The van der Waals surface area contributed by atoms with Crippen LogP contribution >= 0.6 is 0 Å². The van der Waals surface area contributed by atoms with Crippen molar-refractivity contribution in [3.8, 4) is 11.1 Å². The topological polar surface area (TPSA) is 64.5 Å². The molecule has 0 bridgehead atoms. The molecule has 2 aromatic carbocycles. The fourth-order valence-electron chi connectivity index (χ4n) is 2.74. The number of hydrogen-bond acceptors (Lipinski definition) is 4. The number of nitrogens with one attached hydrogen (secondary N) is 2. The molecular formula is C22H27FN2O2. The largest absolute Gasteiger partial charge is 0.385 e. The highest BCUT2D eigenvalue weighted by Gasteiger charge is 2.45. The molecule has 0 unspecified atom stereocenters. The van der Waals surface area contributed by atoms with E-state index in [0.29, 0.717) is 6.54 Å². The zero-order valence-electron chi connectivity index (χ0n) is 15.7. The second-order valence-corrected chi connectivity index (χ2v) is 6.89. The quantitative estimate of drug-likeness (QED) is 0.505. The third-order valence-electron chi connectivity index (χ3n) is 4.98. The Kier molecular flexibility index (Phi) is 6.91. The number of rotatable bonds is 9. The average Bonchev–Trinajstić information content (AvgIpc) is 2.71. The van der Waals surface area contributed by atoms with Crippen molar-refractivity contribution in [1.29, 1.82) is 0 Å². The standard InChI is InChI=1S/C22H27FN2O2/c1-17(25-27)22(3,21(2,26)16-23)24-15-7-8-18-11-13-20(14-12-18)19-9-5-4-6-10-19/h4-14,24-27H,1,15-16H2,2-3H3/b8-7+/t21-,22-/m1/s1. The minimum atomic E-state index is -1.73. The molecule has 0 aliphatic heterocycles. The van der Waals surface area contributed by atoms with Crippen molar-refractivity contribution in [3.05, 3.63) is 78.5 Å². The van der Waals surface area contributed by atoms with Crippen LogP contribution in [-0.4, -0.2) is 34.7 Å². The Balaban J connectivity index is 2.03. The highest BCUT2D eigenvalue weighted by molar-refractivity contribution is 5.65. The molecule has 144 valence electrons. The van der Waals surface area contributed by atoms with Gasteiger partial charge in [0.2, 0.25) is 0 Å². The van der Waals surface area contributed by atoms with E-state index < -0.39 is 17.8 Å². The summed E-state index contributed by atoms with van der Waals surface area (Å²) in [5.41, 5.74) is 2.35. The summed E-state index contributed by atoms with van der Waals surface area (Å²) in [5, 5.41) is 22.5. The summed E-state index contributed by atoms with van der Waals surface area (Å²) in [4.78, 5) is 0. The molecule has 2 rings (SSSR count). The normalized spacial score (nSPS) is 15.9. The van der Waals surface area contributed by atoms with Gasteiger partial charge in [-0.3, -0.25) is 10.7 Å². The van der Waals surface area contributed by atoms with Crippen molar-refractivity contribution >= 4 is 6.08 Å². The van der Waals surface area contributed by atoms with Gasteiger partial charge in [-0.15, -0.1) is 0 Å². The molecule has 0 radical (unpaired) electrons. The van der Waals surface area contributed by atoms with Crippen LogP contribution in [0.4, 0.5) is 4.39 Å². The van der Waals surface area contributed by atoms with E-state index in [9.17, 15) is 9.50 Å². The predicted molar refractivity (Wildman–Crippen MR) is 108 cm³/mol. The smallest absolute Gasteiger partial charge is 0.120 e. The summed E-state index contributed by atoms with van der Waals surface area (Å²) in [7, 11) is 0. The van der Waals surface area contributed by atoms with Crippen LogP contribution in [0.15, 0.2) is 72.9 Å². The Morgan fingerprint density at radius 2 is 1.67 bits per heavy atom. The third kappa shape index (κ3) is 4.83. The van der Waals surface area contributed by atoms with E-state index in [-0.39, 0.29) is 5.70 Å². The Labute approximate surface area is 160 Å². The third-order valence-corrected chi connectivity index (χ3v) is 4.98. The fourth-order valence-corrected chi connectivity index (χ4v) is 2.74. The second kappa shape index (κ2) is 8.95. The van der Waals surface area contributed by atoms with Crippen LogP contribution in [0, 0.1) is 0 Å². The molecule has 2 aromatic rings. The Bertz CT molecular complexity index is 773. The maximum Gasteiger partial charge on any atom is 0.120 e. The van der Waals surface area contributed by atoms with Crippen molar-refractivity contribution in [1.82, 2.24) is 10.8 Å². The van der Waals surface area contributed by atoms with Gasteiger partial charge in [0.1, 0.15) is 12.3 Å². The van der Waals surface area contributed by atoms with Gasteiger partial charge in [-0.2, -0.15) is 0 Å². The van der Waals surface area contributed by atoms with E-state index in [1.54, 1.807) is 6.92 Å². The molecule has 27 heavy (non-hydrogen) atoms. The van der Waals surface area contributed by atoms with Gasteiger partial charge in [0.25, 0.3) is 0 Å². The van der Waals surface area contributed by atoms with Crippen molar-refractivity contribution < 1.29 is 14.7 Å². The SMILES string of the molecule is C=C(NO)[C@@](C)(NC/C=C/c1ccc(-c2ccccc2)cc1)[C@](C)(O)CF. The van der Waals surface area contributed by atoms with Crippen molar-refractivity contribution in [2.75, 3.05) is 13.2 Å². The van der Waals surface area contributed by atoms with Gasteiger partial charge in [0.05, 0.1) is 11.2 Å². The summed E-state index contributed by atoms with van der Waals surface area (Å²) < 4.78 is 13.3. The molecule has 0 spiro atoms. The van der Waals surface area contributed by atoms with E-state index in [2.05, 4.69) is 36.2 Å². The average molecular weight is 370 g/mol. The van der Waals surface area contributed by atoms with E-state index >= 15 is 0 Å². The fraction of sp³-hybridized carbons (Fsp3) is 0.273. The lowest BCUT2D eigenvalue weighted by molar-refractivity contribution is -0.0400. The van der Waals surface area contributed by atoms with Crippen molar-refractivity contribution in [2.24, 2.45) is 0 Å². The first-order valence-electron chi connectivity index (χ1n) is 8.79. The lowest BCUT2D eigenvalue weighted by Crippen LogP contribution is -2.63. The highest BCUT2D eigenvalue weighted by Crippen LogP contribution is 2.28. The monoisotopic (exact) mass is 370 g/mol. The van der Waals surface area contributed by atoms with Gasteiger partial charge in [0, 0.05) is 6.54 Å². The zero-order chi connectivity index (χ0) is 19.9. The number of aliphatic hydroxyl groups is 1. The zero-order valence-corrected chi connectivity index (χ0v) is 15.7. The first-order chi connectivity index (χ1) is 12.8. The molecule has 0 heterocycles. The molecule has 2 atom stereocenters. The lowest BCUT2D eigenvalue weighted by atomic mass is 9.81. The molecule has 0 aliphatic carbocycles. The van der Waals surface area contributed by atoms with Crippen LogP contribution in [0.5, 0.6) is 0 Å². The van der Waals surface area contributed by atoms with Crippen LogP contribution in [0.1, 0.15) is 19.4 Å². The number of alkyl halides is 1. The second-order valence-electron chi connectivity index (χ2n) is 6.89. The van der Waals surface area contributed by atoms with Gasteiger partial charge >= 0.3 is 0 Å². The Morgan fingerprint density at radius 1 is 1.07 bits per heavy atom. The summed E-state index contributed by atoms with van der Waals surface area (Å²) in [6.07, 6.45) is 3.80. The molecule has 5 heteroatoms. The van der Waals surface area contributed by atoms with E-state index in [1.807, 2.05) is 48.0 Å². The summed E-state index contributed by atoms with van der Waals surface area (Å²) in [5.74, 6) is 0. The van der Waals surface area contributed by atoms with Crippen LogP contribution in [0.2, 0.25) is 0 Å². The maximum absolute atomic E-state index is 13.3. The predicted octanol–water partition coefficient (Wildman–Crippen LogP) is 3.93. The molecule has 0 saturated carbocycles. The van der Waals surface area contributed by atoms with Crippen LogP contribution < -0.4 is 10.8 Å². The Hall–Kier alpha value is -2.47. The van der Waals surface area contributed by atoms with E-state index in [4.69, 9.17) is 5.21 Å². The molecular weight excluding hydrogens is 343 g/mol. The molecule has 4 N–H and O–H groups in total. The van der Waals surface area contributed by atoms with Gasteiger partial charge in [-0.25, -0.2) is 4.39 Å². The minimum Gasteiger partial charge on any atom is -0.385 e. The lowest BCUT2D eigenvalue weighted by Gasteiger charge is -2.42.